The maximum absolute atomic E-state index is 12.4. The van der Waals surface area contributed by atoms with Gasteiger partial charge in [-0.2, -0.15) is 0 Å². The predicted octanol–water partition coefficient (Wildman–Crippen LogP) is 4.58. The van der Waals surface area contributed by atoms with Gasteiger partial charge >= 0.3 is 5.97 Å². The van der Waals surface area contributed by atoms with Crippen LogP contribution in [0, 0.1) is 6.92 Å². The van der Waals surface area contributed by atoms with E-state index in [9.17, 15) is 9.59 Å². The fourth-order valence-electron chi connectivity index (χ4n) is 2.63. The van der Waals surface area contributed by atoms with Crippen molar-refractivity contribution in [3.63, 3.8) is 0 Å². The van der Waals surface area contributed by atoms with E-state index >= 15 is 0 Å². The molecule has 0 atom stereocenters. The van der Waals surface area contributed by atoms with Crippen LogP contribution in [0.3, 0.4) is 0 Å². The number of rotatable bonds is 7. The molecule has 3 nitrogen and oxygen atoms in total. The van der Waals surface area contributed by atoms with Gasteiger partial charge in [0.05, 0.1) is 6.61 Å². The van der Waals surface area contributed by atoms with Crippen LogP contribution in [-0.2, 0) is 9.53 Å². The molecule has 0 bridgehead atoms. The average molecular weight is 310 g/mol. The molecule has 0 unspecified atom stereocenters. The van der Waals surface area contributed by atoms with Gasteiger partial charge in [0.15, 0.2) is 5.78 Å². The predicted molar refractivity (Wildman–Crippen MR) is 91.4 cm³/mol. The van der Waals surface area contributed by atoms with Gasteiger partial charge in [-0.1, -0.05) is 48.5 Å². The quantitative estimate of drug-likeness (QED) is 0.555. The summed E-state index contributed by atoms with van der Waals surface area (Å²) in [4.78, 5) is 23.8. The van der Waals surface area contributed by atoms with E-state index in [0.717, 1.165) is 22.3 Å². The minimum Gasteiger partial charge on any atom is -0.466 e. The number of benzene rings is 2. The summed E-state index contributed by atoms with van der Waals surface area (Å²) in [6.07, 6.45) is 1.17. The largest absolute Gasteiger partial charge is 0.466 e. The average Bonchev–Trinajstić information content (AvgIpc) is 2.56. The maximum Gasteiger partial charge on any atom is 0.305 e. The van der Waals surface area contributed by atoms with E-state index < -0.39 is 0 Å². The third-order valence-electron chi connectivity index (χ3n) is 3.81. The van der Waals surface area contributed by atoms with Crippen molar-refractivity contribution in [2.45, 2.75) is 33.1 Å². The van der Waals surface area contributed by atoms with Crippen LogP contribution in [-0.4, -0.2) is 18.4 Å². The second-order valence-corrected chi connectivity index (χ2v) is 5.43. The van der Waals surface area contributed by atoms with Crippen molar-refractivity contribution in [2.75, 3.05) is 6.61 Å². The molecular weight excluding hydrogens is 288 g/mol. The molecule has 0 saturated heterocycles. The zero-order valence-electron chi connectivity index (χ0n) is 13.7. The number of esters is 1. The number of carbonyl (C=O) groups is 2. The van der Waals surface area contributed by atoms with E-state index in [2.05, 4.69) is 0 Å². The molecule has 0 spiro atoms. The van der Waals surface area contributed by atoms with Crippen molar-refractivity contribution in [1.82, 2.24) is 0 Å². The second kappa shape index (κ2) is 8.28. The summed E-state index contributed by atoms with van der Waals surface area (Å²) in [5.74, 6) is -0.167. The summed E-state index contributed by atoms with van der Waals surface area (Å²) >= 11 is 0. The van der Waals surface area contributed by atoms with E-state index in [1.165, 1.54) is 0 Å². The van der Waals surface area contributed by atoms with Crippen molar-refractivity contribution in [3.8, 4) is 11.1 Å². The molecule has 0 saturated carbocycles. The van der Waals surface area contributed by atoms with Gasteiger partial charge in [-0.15, -0.1) is 0 Å². The van der Waals surface area contributed by atoms with Crippen molar-refractivity contribution >= 4 is 11.8 Å². The van der Waals surface area contributed by atoms with Gasteiger partial charge in [-0.3, -0.25) is 9.59 Å². The minimum absolute atomic E-state index is 0.0737. The van der Waals surface area contributed by atoms with Gasteiger partial charge in [-0.25, -0.2) is 0 Å². The first-order chi connectivity index (χ1) is 11.1. The molecule has 2 aromatic carbocycles. The molecule has 2 rings (SSSR count). The van der Waals surface area contributed by atoms with Crippen molar-refractivity contribution < 1.29 is 14.3 Å². The zero-order valence-corrected chi connectivity index (χ0v) is 13.7. The molecule has 0 aliphatic carbocycles. The van der Waals surface area contributed by atoms with Crippen LogP contribution in [0.15, 0.2) is 48.5 Å². The molecule has 0 heterocycles. The zero-order chi connectivity index (χ0) is 16.7. The normalized spacial score (nSPS) is 10.3. The summed E-state index contributed by atoms with van der Waals surface area (Å²) < 4.78 is 4.88. The lowest BCUT2D eigenvalue weighted by Crippen LogP contribution is -2.07. The van der Waals surface area contributed by atoms with Gasteiger partial charge in [0, 0.05) is 18.4 Å². The molecule has 2 aromatic rings. The van der Waals surface area contributed by atoms with E-state index in [1.54, 1.807) is 6.92 Å². The molecule has 120 valence electrons. The number of ether oxygens (including phenoxy) is 1. The Kier molecular flexibility index (Phi) is 6.10. The first-order valence-corrected chi connectivity index (χ1v) is 7.97. The molecule has 0 amide bonds. The Bertz CT molecular complexity index is 675. The van der Waals surface area contributed by atoms with E-state index in [1.807, 2.05) is 55.5 Å². The topological polar surface area (TPSA) is 43.4 Å². The number of hydrogen-bond acceptors (Lipinski definition) is 3. The summed E-state index contributed by atoms with van der Waals surface area (Å²) in [7, 11) is 0. The Morgan fingerprint density at radius 3 is 2.39 bits per heavy atom. The lowest BCUT2D eigenvalue weighted by Gasteiger charge is -2.11. The van der Waals surface area contributed by atoms with Crippen LogP contribution in [0.5, 0.6) is 0 Å². The van der Waals surface area contributed by atoms with Crippen LogP contribution < -0.4 is 0 Å². The molecular formula is C20H22O3. The smallest absolute Gasteiger partial charge is 0.305 e. The van der Waals surface area contributed by atoms with Crippen LogP contribution in [0.1, 0.15) is 42.1 Å². The number of hydrogen-bond donors (Lipinski definition) is 0. The Balaban J connectivity index is 2.08. The number of carbonyl (C=O) groups excluding carboxylic acids is 2. The van der Waals surface area contributed by atoms with Crippen molar-refractivity contribution in [2.24, 2.45) is 0 Å². The summed E-state index contributed by atoms with van der Waals surface area (Å²) in [5, 5.41) is 0. The van der Waals surface area contributed by atoms with E-state index in [0.29, 0.717) is 19.4 Å². The van der Waals surface area contributed by atoms with Crippen LogP contribution in [0.25, 0.3) is 11.1 Å². The number of ketones is 1. The summed E-state index contributed by atoms with van der Waals surface area (Å²) in [6.45, 7) is 4.13. The maximum atomic E-state index is 12.4. The highest BCUT2D eigenvalue weighted by Crippen LogP contribution is 2.26. The van der Waals surface area contributed by atoms with E-state index in [4.69, 9.17) is 4.74 Å². The van der Waals surface area contributed by atoms with E-state index in [-0.39, 0.29) is 18.2 Å². The summed E-state index contributed by atoms with van der Waals surface area (Å²) in [6, 6.07) is 15.8. The molecule has 0 N–H and O–H groups in total. The molecule has 0 aliphatic heterocycles. The molecule has 3 heteroatoms. The van der Waals surface area contributed by atoms with Gasteiger partial charge in [0.25, 0.3) is 0 Å². The molecule has 0 aliphatic rings. The Labute approximate surface area is 137 Å². The Morgan fingerprint density at radius 1 is 0.957 bits per heavy atom. The Hall–Kier alpha value is -2.42. The van der Waals surface area contributed by atoms with Crippen LogP contribution in [0.2, 0.25) is 0 Å². The second-order valence-electron chi connectivity index (χ2n) is 5.43. The van der Waals surface area contributed by atoms with Crippen molar-refractivity contribution in [3.05, 3.63) is 59.7 Å². The molecule has 0 fully saturated rings. The molecule has 23 heavy (non-hydrogen) atoms. The highest BCUT2D eigenvalue weighted by Gasteiger charge is 2.13. The first kappa shape index (κ1) is 16.9. The van der Waals surface area contributed by atoms with Crippen LogP contribution >= 0.6 is 0 Å². The first-order valence-electron chi connectivity index (χ1n) is 7.97. The minimum atomic E-state index is -0.241. The summed E-state index contributed by atoms with van der Waals surface area (Å²) in [5.41, 5.74) is 3.89. The SMILES string of the molecule is CCOC(=O)CCCC(=O)c1cccc(-c2ccccc2)c1C. The Morgan fingerprint density at radius 2 is 1.70 bits per heavy atom. The monoisotopic (exact) mass is 310 g/mol. The van der Waals surface area contributed by atoms with Crippen LogP contribution in [0.4, 0.5) is 0 Å². The van der Waals surface area contributed by atoms with Gasteiger partial charge in [0.2, 0.25) is 0 Å². The highest BCUT2D eigenvalue weighted by molar-refractivity contribution is 5.99. The van der Waals surface area contributed by atoms with Gasteiger partial charge in [0.1, 0.15) is 0 Å². The lowest BCUT2D eigenvalue weighted by atomic mass is 9.93. The molecule has 0 radical (unpaired) electrons. The van der Waals surface area contributed by atoms with Crippen molar-refractivity contribution in [1.29, 1.82) is 0 Å². The van der Waals surface area contributed by atoms with Gasteiger partial charge in [-0.05, 0) is 37.0 Å². The number of Topliss-reactive ketones (excluding diaryl/α,β-unsaturated/α-hetero) is 1. The molecule has 0 aromatic heterocycles. The third-order valence-corrected chi connectivity index (χ3v) is 3.81. The fraction of sp³-hybridized carbons (Fsp3) is 0.300. The lowest BCUT2D eigenvalue weighted by molar-refractivity contribution is -0.143. The highest BCUT2D eigenvalue weighted by atomic mass is 16.5. The standard InChI is InChI=1S/C20H22O3/c1-3-23-20(22)14-8-13-19(21)18-12-7-11-17(15(18)2)16-9-5-4-6-10-16/h4-7,9-12H,3,8,13-14H2,1-2H3. The van der Waals surface area contributed by atoms with Gasteiger partial charge < -0.3 is 4.74 Å². The third kappa shape index (κ3) is 4.52. The fourth-order valence-corrected chi connectivity index (χ4v) is 2.63.